The minimum absolute atomic E-state index is 0.178. The van der Waals surface area contributed by atoms with Crippen molar-refractivity contribution < 1.29 is 14.7 Å². The van der Waals surface area contributed by atoms with Crippen LogP contribution in [-0.4, -0.2) is 29.7 Å². The van der Waals surface area contributed by atoms with Crippen molar-refractivity contribution in [2.75, 3.05) is 6.54 Å². The lowest BCUT2D eigenvalue weighted by Gasteiger charge is -2.16. The third-order valence-corrected chi connectivity index (χ3v) is 2.95. The van der Waals surface area contributed by atoms with Gasteiger partial charge in [0.15, 0.2) is 0 Å². The van der Waals surface area contributed by atoms with E-state index in [9.17, 15) is 9.59 Å². The van der Waals surface area contributed by atoms with Crippen LogP contribution in [-0.2, 0) is 4.79 Å². The van der Waals surface area contributed by atoms with Crippen molar-refractivity contribution in [1.29, 1.82) is 0 Å². The molecule has 0 aliphatic carbocycles. The molecule has 0 saturated heterocycles. The Labute approximate surface area is 113 Å². The molecule has 1 rings (SSSR count). The first-order valence-electron chi connectivity index (χ1n) is 6.36. The standard InChI is InChI=1S/C14H20N2O3/c1-3-12(13(17)18)16-14(19)15-9-10(2)11-7-5-4-6-8-11/h4-8,10,12H,3,9H2,1-2H3,(H,17,18)(H2,15,16,19)/t10?,12-/m1/s1. The van der Waals surface area contributed by atoms with Crippen LogP contribution in [0.3, 0.4) is 0 Å². The molecule has 5 nitrogen and oxygen atoms in total. The Morgan fingerprint density at radius 1 is 1.26 bits per heavy atom. The topological polar surface area (TPSA) is 78.4 Å². The summed E-state index contributed by atoms with van der Waals surface area (Å²) in [5.41, 5.74) is 1.13. The molecule has 0 saturated carbocycles. The van der Waals surface area contributed by atoms with Crippen LogP contribution in [0.5, 0.6) is 0 Å². The van der Waals surface area contributed by atoms with Crippen LogP contribution in [0.1, 0.15) is 31.7 Å². The molecule has 1 aromatic carbocycles. The molecular weight excluding hydrogens is 244 g/mol. The van der Waals surface area contributed by atoms with Gasteiger partial charge in [0.25, 0.3) is 0 Å². The Morgan fingerprint density at radius 3 is 2.42 bits per heavy atom. The molecular formula is C14H20N2O3. The summed E-state index contributed by atoms with van der Waals surface area (Å²) in [5.74, 6) is -0.842. The van der Waals surface area contributed by atoms with Gasteiger partial charge >= 0.3 is 12.0 Å². The summed E-state index contributed by atoms with van der Waals surface area (Å²) in [4.78, 5) is 22.4. The minimum Gasteiger partial charge on any atom is -0.480 e. The van der Waals surface area contributed by atoms with Crippen molar-refractivity contribution in [2.24, 2.45) is 0 Å². The second-order valence-corrected chi connectivity index (χ2v) is 4.47. The molecule has 1 unspecified atom stereocenters. The molecule has 0 heterocycles. The highest BCUT2D eigenvalue weighted by molar-refractivity contribution is 5.82. The van der Waals surface area contributed by atoms with Crippen molar-refractivity contribution in [3.63, 3.8) is 0 Å². The molecule has 0 aromatic heterocycles. The molecule has 0 spiro atoms. The van der Waals surface area contributed by atoms with E-state index in [-0.39, 0.29) is 5.92 Å². The molecule has 0 bridgehead atoms. The number of rotatable bonds is 6. The van der Waals surface area contributed by atoms with Gasteiger partial charge in [-0.2, -0.15) is 0 Å². The summed E-state index contributed by atoms with van der Waals surface area (Å²) in [7, 11) is 0. The number of hydrogen-bond donors (Lipinski definition) is 3. The summed E-state index contributed by atoms with van der Waals surface area (Å²) in [6, 6.07) is 8.54. The molecule has 3 N–H and O–H groups in total. The lowest BCUT2D eigenvalue weighted by Crippen LogP contribution is -2.46. The van der Waals surface area contributed by atoms with Gasteiger partial charge in [0.1, 0.15) is 6.04 Å². The van der Waals surface area contributed by atoms with E-state index in [1.54, 1.807) is 6.92 Å². The molecule has 2 amide bonds. The molecule has 104 valence electrons. The Hall–Kier alpha value is -2.04. The highest BCUT2D eigenvalue weighted by atomic mass is 16.4. The molecule has 2 atom stereocenters. The first-order valence-corrected chi connectivity index (χ1v) is 6.36. The van der Waals surface area contributed by atoms with Crippen LogP contribution in [0, 0.1) is 0 Å². The first-order chi connectivity index (χ1) is 9.04. The highest BCUT2D eigenvalue weighted by Crippen LogP contribution is 2.12. The maximum atomic E-state index is 11.6. The Kier molecular flexibility index (Phi) is 5.85. The van der Waals surface area contributed by atoms with Crippen molar-refractivity contribution in [1.82, 2.24) is 10.6 Å². The highest BCUT2D eigenvalue weighted by Gasteiger charge is 2.17. The van der Waals surface area contributed by atoms with Gasteiger partial charge in [0, 0.05) is 6.54 Å². The van der Waals surface area contributed by atoms with Crippen molar-refractivity contribution in [3.8, 4) is 0 Å². The van der Waals surface area contributed by atoms with Gasteiger partial charge in [0.05, 0.1) is 0 Å². The van der Waals surface area contributed by atoms with Crippen LogP contribution < -0.4 is 10.6 Å². The summed E-state index contributed by atoms with van der Waals surface area (Å²) in [5, 5.41) is 13.9. The van der Waals surface area contributed by atoms with Crippen molar-refractivity contribution >= 4 is 12.0 Å². The van der Waals surface area contributed by atoms with Gasteiger partial charge in [-0.15, -0.1) is 0 Å². The number of carbonyl (C=O) groups excluding carboxylic acids is 1. The molecule has 1 aromatic rings. The average molecular weight is 264 g/mol. The maximum Gasteiger partial charge on any atom is 0.326 e. The molecule has 0 radical (unpaired) electrons. The van der Waals surface area contributed by atoms with Crippen LogP contribution in [0.4, 0.5) is 4.79 Å². The van der Waals surface area contributed by atoms with Crippen LogP contribution in [0.15, 0.2) is 30.3 Å². The summed E-state index contributed by atoms with van der Waals surface area (Å²) >= 11 is 0. The maximum absolute atomic E-state index is 11.6. The van der Waals surface area contributed by atoms with Gasteiger partial charge in [0.2, 0.25) is 0 Å². The molecule has 19 heavy (non-hydrogen) atoms. The van der Waals surface area contributed by atoms with Crippen LogP contribution in [0.25, 0.3) is 0 Å². The predicted octanol–water partition coefficient (Wildman–Crippen LogP) is 1.95. The Bertz CT molecular complexity index is 420. The molecule has 0 fully saturated rings. The average Bonchev–Trinajstić information content (AvgIpc) is 2.42. The van der Waals surface area contributed by atoms with Gasteiger partial charge in [-0.1, -0.05) is 44.2 Å². The number of carboxylic acids is 1. The molecule has 0 aliphatic heterocycles. The number of urea groups is 1. The first kappa shape index (κ1) is 15.0. The predicted molar refractivity (Wildman–Crippen MR) is 73.1 cm³/mol. The monoisotopic (exact) mass is 264 g/mol. The van der Waals surface area contributed by atoms with E-state index < -0.39 is 18.0 Å². The third-order valence-electron chi connectivity index (χ3n) is 2.95. The van der Waals surface area contributed by atoms with Crippen LogP contribution >= 0.6 is 0 Å². The summed E-state index contributed by atoms with van der Waals surface area (Å²) < 4.78 is 0. The number of carboxylic acid groups (broad SMARTS) is 1. The smallest absolute Gasteiger partial charge is 0.326 e. The molecule has 0 aliphatic rings. The van der Waals surface area contributed by atoms with E-state index in [0.29, 0.717) is 13.0 Å². The van der Waals surface area contributed by atoms with E-state index in [2.05, 4.69) is 10.6 Å². The van der Waals surface area contributed by atoms with Gasteiger partial charge in [-0.05, 0) is 17.9 Å². The number of hydrogen-bond acceptors (Lipinski definition) is 2. The lowest BCUT2D eigenvalue weighted by molar-refractivity contribution is -0.139. The quantitative estimate of drug-likeness (QED) is 0.735. The fourth-order valence-electron chi connectivity index (χ4n) is 1.69. The molecule has 5 heteroatoms. The van der Waals surface area contributed by atoms with E-state index in [4.69, 9.17) is 5.11 Å². The zero-order valence-corrected chi connectivity index (χ0v) is 11.2. The van der Waals surface area contributed by atoms with Crippen molar-refractivity contribution in [3.05, 3.63) is 35.9 Å². The lowest BCUT2D eigenvalue weighted by atomic mass is 10.0. The fourth-order valence-corrected chi connectivity index (χ4v) is 1.69. The second kappa shape index (κ2) is 7.41. The number of carbonyl (C=O) groups is 2. The third kappa shape index (κ3) is 4.99. The number of amides is 2. The van der Waals surface area contributed by atoms with Crippen molar-refractivity contribution in [2.45, 2.75) is 32.2 Å². The zero-order chi connectivity index (χ0) is 14.3. The summed E-state index contributed by atoms with van der Waals surface area (Å²) in [6.45, 7) is 4.18. The SMILES string of the molecule is CC[C@@H](NC(=O)NCC(C)c1ccccc1)C(=O)O. The van der Waals surface area contributed by atoms with Gasteiger partial charge in [-0.3, -0.25) is 0 Å². The Morgan fingerprint density at radius 2 is 1.89 bits per heavy atom. The van der Waals surface area contributed by atoms with E-state index in [1.165, 1.54) is 0 Å². The largest absolute Gasteiger partial charge is 0.480 e. The van der Waals surface area contributed by atoms with Crippen LogP contribution in [0.2, 0.25) is 0 Å². The van der Waals surface area contributed by atoms with E-state index in [1.807, 2.05) is 37.3 Å². The second-order valence-electron chi connectivity index (χ2n) is 4.47. The normalized spacial score (nSPS) is 13.4. The summed E-state index contributed by atoms with van der Waals surface area (Å²) in [6.07, 6.45) is 0.358. The van der Waals surface area contributed by atoms with Gasteiger partial charge < -0.3 is 15.7 Å². The minimum atomic E-state index is -1.02. The number of benzene rings is 1. The van der Waals surface area contributed by atoms with E-state index >= 15 is 0 Å². The Balaban J connectivity index is 2.40. The number of nitrogens with one attached hydrogen (secondary N) is 2. The number of aliphatic carboxylic acids is 1. The zero-order valence-electron chi connectivity index (χ0n) is 11.2. The fraction of sp³-hybridized carbons (Fsp3) is 0.429. The van der Waals surface area contributed by atoms with E-state index in [0.717, 1.165) is 5.56 Å². The van der Waals surface area contributed by atoms with Gasteiger partial charge in [-0.25, -0.2) is 9.59 Å².